The Morgan fingerprint density at radius 1 is 1.12 bits per heavy atom. The molecule has 0 spiro atoms. The summed E-state index contributed by atoms with van der Waals surface area (Å²) in [7, 11) is 0. The Hall–Kier alpha value is -3.08. The molecule has 2 heterocycles. The number of imidazole rings is 1. The highest BCUT2D eigenvalue weighted by molar-refractivity contribution is 5.82. The zero-order chi connectivity index (χ0) is 17.8. The summed E-state index contributed by atoms with van der Waals surface area (Å²) >= 11 is 0. The van der Waals surface area contributed by atoms with Crippen LogP contribution in [0.25, 0.3) is 0 Å². The maximum atomic E-state index is 13.0. The van der Waals surface area contributed by atoms with E-state index in [1.54, 1.807) is 0 Å². The van der Waals surface area contributed by atoms with Crippen LogP contribution in [0.1, 0.15) is 23.9 Å². The number of benzene rings is 2. The summed E-state index contributed by atoms with van der Waals surface area (Å²) in [4.78, 5) is 17.3. The fourth-order valence-electron chi connectivity index (χ4n) is 3.30. The predicted molar refractivity (Wildman–Crippen MR) is 98.7 cm³/mol. The zero-order valence-corrected chi connectivity index (χ0v) is 14.4. The van der Waals surface area contributed by atoms with E-state index in [4.69, 9.17) is 4.74 Å². The highest BCUT2D eigenvalue weighted by Gasteiger charge is 2.27. The molecule has 1 aliphatic rings. The predicted octanol–water partition coefficient (Wildman–Crippen LogP) is 3.13. The van der Waals surface area contributed by atoms with E-state index in [0.717, 1.165) is 30.8 Å². The molecule has 3 aromatic rings. The molecule has 5 nitrogen and oxygen atoms in total. The number of carbonyl (C=O) groups is 1. The number of carbonyl (C=O) groups excluding carboxylic acids is 1. The molecule has 0 radical (unpaired) electrons. The van der Waals surface area contributed by atoms with Crippen LogP contribution >= 0.6 is 0 Å². The van der Waals surface area contributed by atoms with Crippen molar-refractivity contribution in [1.82, 2.24) is 14.9 Å². The molecule has 0 fully saturated rings. The summed E-state index contributed by atoms with van der Waals surface area (Å²) in [6, 6.07) is 19.1. The third-order valence-corrected chi connectivity index (χ3v) is 4.62. The molecule has 1 N–H and O–H groups in total. The monoisotopic (exact) mass is 347 g/mol. The van der Waals surface area contributed by atoms with Crippen LogP contribution in [0, 0.1) is 0 Å². The van der Waals surface area contributed by atoms with Gasteiger partial charge >= 0.3 is 0 Å². The Morgan fingerprint density at radius 2 is 1.85 bits per heavy atom. The lowest BCUT2D eigenvalue weighted by Crippen LogP contribution is -2.44. The number of aromatic nitrogens is 2. The largest absolute Gasteiger partial charge is 0.476 e. The SMILES string of the molecule is O=C(N[C@H]1CCc2nccn2C1)[C@H](Oc1ccccc1)c1ccccc1. The lowest BCUT2D eigenvalue weighted by atomic mass is 10.0. The van der Waals surface area contributed by atoms with E-state index >= 15 is 0 Å². The van der Waals surface area contributed by atoms with Gasteiger partial charge in [0.15, 0.2) is 0 Å². The van der Waals surface area contributed by atoms with Crippen molar-refractivity contribution in [3.05, 3.63) is 84.4 Å². The fourth-order valence-corrected chi connectivity index (χ4v) is 3.30. The Balaban J connectivity index is 1.51. The molecule has 5 heteroatoms. The molecule has 0 bridgehead atoms. The van der Waals surface area contributed by atoms with Gasteiger partial charge in [-0.15, -0.1) is 0 Å². The van der Waals surface area contributed by atoms with E-state index < -0.39 is 6.10 Å². The van der Waals surface area contributed by atoms with Gasteiger partial charge in [-0.1, -0.05) is 48.5 Å². The van der Waals surface area contributed by atoms with E-state index in [1.807, 2.05) is 73.1 Å². The minimum atomic E-state index is -0.678. The normalized spacial score (nSPS) is 17.2. The summed E-state index contributed by atoms with van der Waals surface area (Å²) in [5.41, 5.74) is 0.841. The lowest BCUT2D eigenvalue weighted by Gasteiger charge is -2.27. The van der Waals surface area contributed by atoms with Crippen molar-refractivity contribution < 1.29 is 9.53 Å². The maximum absolute atomic E-state index is 13.0. The molecule has 0 saturated carbocycles. The Bertz CT molecular complexity index is 861. The van der Waals surface area contributed by atoms with Crippen LogP contribution in [-0.4, -0.2) is 21.5 Å². The standard InChI is InChI=1S/C21H21N3O2/c25-21(23-17-11-12-19-22-13-14-24(19)15-17)20(16-7-3-1-4-8-16)26-18-9-5-2-6-10-18/h1-10,13-14,17,20H,11-12,15H2,(H,23,25)/t17-,20+/m0/s1. The van der Waals surface area contributed by atoms with Crippen LogP contribution in [0.3, 0.4) is 0 Å². The zero-order valence-electron chi connectivity index (χ0n) is 14.4. The van der Waals surface area contributed by atoms with Crippen LogP contribution in [0.2, 0.25) is 0 Å². The van der Waals surface area contributed by atoms with Crippen LogP contribution in [-0.2, 0) is 17.8 Å². The molecule has 2 aromatic carbocycles. The van der Waals surface area contributed by atoms with Crippen LogP contribution in [0.4, 0.5) is 0 Å². The summed E-state index contributed by atoms with van der Waals surface area (Å²) in [6.45, 7) is 0.744. The average Bonchev–Trinajstić information content (AvgIpc) is 3.15. The fraction of sp³-hybridized carbons (Fsp3) is 0.238. The molecule has 0 aliphatic carbocycles. The first-order valence-corrected chi connectivity index (χ1v) is 8.86. The molecule has 1 aromatic heterocycles. The molecule has 132 valence electrons. The van der Waals surface area contributed by atoms with Gasteiger partial charge in [0.05, 0.1) is 0 Å². The van der Waals surface area contributed by atoms with Crippen molar-refractivity contribution in [2.24, 2.45) is 0 Å². The second-order valence-electron chi connectivity index (χ2n) is 6.46. The summed E-state index contributed by atoms with van der Waals surface area (Å²) in [5, 5.41) is 3.16. The van der Waals surface area contributed by atoms with E-state index in [-0.39, 0.29) is 11.9 Å². The van der Waals surface area contributed by atoms with Gasteiger partial charge in [-0.25, -0.2) is 4.98 Å². The van der Waals surface area contributed by atoms with Gasteiger partial charge in [-0.3, -0.25) is 4.79 Å². The third-order valence-electron chi connectivity index (χ3n) is 4.62. The number of hydrogen-bond donors (Lipinski definition) is 1. The van der Waals surface area contributed by atoms with Gasteiger partial charge in [0.2, 0.25) is 6.10 Å². The first kappa shape index (κ1) is 16.4. The lowest BCUT2D eigenvalue weighted by molar-refractivity contribution is -0.129. The number of nitrogens with zero attached hydrogens (tertiary/aromatic N) is 2. The number of hydrogen-bond acceptors (Lipinski definition) is 3. The number of nitrogens with one attached hydrogen (secondary N) is 1. The second kappa shape index (κ2) is 7.44. The van der Waals surface area contributed by atoms with Gasteiger partial charge in [-0.2, -0.15) is 0 Å². The first-order chi connectivity index (χ1) is 12.8. The molecule has 2 atom stereocenters. The van der Waals surface area contributed by atoms with Gasteiger partial charge in [0, 0.05) is 37.0 Å². The van der Waals surface area contributed by atoms with Gasteiger partial charge in [0.1, 0.15) is 11.6 Å². The van der Waals surface area contributed by atoms with Crippen molar-refractivity contribution in [3.63, 3.8) is 0 Å². The topological polar surface area (TPSA) is 56.2 Å². The van der Waals surface area contributed by atoms with Crippen molar-refractivity contribution in [3.8, 4) is 5.75 Å². The van der Waals surface area contributed by atoms with Crippen molar-refractivity contribution in [2.75, 3.05) is 0 Å². The summed E-state index contributed by atoms with van der Waals surface area (Å²) in [6.07, 6.45) is 4.85. The minimum absolute atomic E-state index is 0.0785. The van der Waals surface area contributed by atoms with Crippen molar-refractivity contribution in [1.29, 1.82) is 0 Å². The van der Waals surface area contributed by atoms with Crippen LogP contribution < -0.4 is 10.1 Å². The molecule has 4 rings (SSSR count). The third kappa shape index (κ3) is 3.61. The molecular weight excluding hydrogens is 326 g/mol. The van der Waals surface area contributed by atoms with E-state index in [0.29, 0.717) is 5.75 Å². The molecule has 1 amide bonds. The molecule has 0 saturated heterocycles. The van der Waals surface area contributed by atoms with Crippen LogP contribution in [0.15, 0.2) is 73.1 Å². The Labute approximate surface area is 152 Å². The van der Waals surface area contributed by atoms with Gasteiger partial charge in [0.25, 0.3) is 5.91 Å². The molecule has 26 heavy (non-hydrogen) atoms. The van der Waals surface area contributed by atoms with Crippen molar-refractivity contribution >= 4 is 5.91 Å². The van der Waals surface area contributed by atoms with Crippen molar-refractivity contribution in [2.45, 2.75) is 31.5 Å². The quantitative estimate of drug-likeness (QED) is 0.771. The Kier molecular flexibility index (Phi) is 4.69. The minimum Gasteiger partial charge on any atom is -0.476 e. The molecule has 1 aliphatic heterocycles. The highest BCUT2D eigenvalue weighted by Crippen LogP contribution is 2.23. The first-order valence-electron chi connectivity index (χ1n) is 8.86. The smallest absolute Gasteiger partial charge is 0.266 e. The average molecular weight is 347 g/mol. The maximum Gasteiger partial charge on any atom is 0.266 e. The summed E-state index contributed by atoms with van der Waals surface area (Å²) in [5.74, 6) is 1.64. The summed E-state index contributed by atoms with van der Waals surface area (Å²) < 4.78 is 8.13. The number of amides is 1. The van der Waals surface area contributed by atoms with Gasteiger partial charge in [-0.05, 0) is 18.6 Å². The number of para-hydroxylation sites is 1. The molecular formula is C21H21N3O2. The molecule has 0 unspecified atom stereocenters. The van der Waals surface area contributed by atoms with E-state index in [9.17, 15) is 4.79 Å². The van der Waals surface area contributed by atoms with E-state index in [1.165, 1.54) is 0 Å². The number of aryl methyl sites for hydroxylation is 1. The highest BCUT2D eigenvalue weighted by atomic mass is 16.5. The van der Waals surface area contributed by atoms with E-state index in [2.05, 4.69) is 14.9 Å². The number of rotatable bonds is 5. The number of fused-ring (bicyclic) bond motifs is 1. The van der Waals surface area contributed by atoms with Gasteiger partial charge < -0.3 is 14.6 Å². The number of ether oxygens (including phenoxy) is 1. The van der Waals surface area contributed by atoms with Crippen LogP contribution in [0.5, 0.6) is 5.75 Å². The Morgan fingerprint density at radius 3 is 2.62 bits per heavy atom. The second-order valence-corrected chi connectivity index (χ2v) is 6.46.